The minimum Gasteiger partial charge on any atom is -0.426 e. The Balaban J connectivity index is 2.09. The highest BCUT2D eigenvalue weighted by Crippen LogP contribution is 2.39. The van der Waals surface area contributed by atoms with E-state index in [0.29, 0.717) is 33.4 Å². The number of carbonyl (C=O) groups excluding carboxylic acids is 2. The largest absolute Gasteiger partial charge is 0.426 e. The number of para-hydroxylation sites is 2. The van der Waals surface area contributed by atoms with Gasteiger partial charge in [0.15, 0.2) is 0 Å². The summed E-state index contributed by atoms with van der Waals surface area (Å²) in [5, 5.41) is 5.00. The van der Waals surface area contributed by atoms with Crippen molar-refractivity contribution >= 4 is 29.3 Å². The fourth-order valence-electron chi connectivity index (χ4n) is 3.63. The summed E-state index contributed by atoms with van der Waals surface area (Å²) in [6, 6.07) is 14.1. The first kappa shape index (κ1) is 19.8. The maximum absolute atomic E-state index is 13.0. The lowest BCUT2D eigenvalue weighted by Gasteiger charge is -2.31. The maximum atomic E-state index is 13.0. The van der Waals surface area contributed by atoms with E-state index in [1.165, 1.54) is 30.3 Å². The van der Waals surface area contributed by atoms with Gasteiger partial charge in [0.25, 0.3) is 6.17 Å². The second-order valence-electron chi connectivity index (χ2n) is 6.67. The van der Waals surface area contributed by atoms with Crippen LogP contribution in [0.25, 0.3) is 11.3 Å². The number of nitrogens with zero attached hydrogens (tertiary/aromatic N) is 3. The summed E-state index contributed by atoms with van der Waals surface area (Å²) >= 11 is 1.28. The number of nitrogens with one attached hydrogen (secondary N) is 1. The second-order valence-corrected chi connectivity index (χ2v) is 7.46. The third-order valence-corrected chi connectivity index (χ3v) is 5.31. The van der Waals surface area contributed by atoms with Crippen LogP contribution in [0.15, 0.2) is 58.5 Å². The lowest BCUT2D eigenvalue weighted by molar-refractivity contribution is -0.763. The van der Waals surface area contributed by atoms with Crippen molar-refractivity contribution in [1.82, 2.24) is 10.1 Å². The van der Waals surface area contributed by atoms with E-state index in [1.807, 2.05) is 0 Å². The number of hydrogen-bond donors (Lipinski definition) is 1. The van der Waals surface area contributed by atoms with Gasteiger partial charge in [-0.05, 0) is 35.2 Å². The number of carbonyl (C=O) groups is 2. The molecule has 1 aliphatic heterocycles. The summed E-state index contributed by atoms with van der Waals surface area (Å²) in [5.41, 5.74) is 1.71. The van der Waals surface area contributed by atoms with Crippen molar-refractivity contribution < 1.29 is 19.0 Å². The molecule has 30 heavy (non-hydrogen) atoms. The second kappa shape index (κ2) is 7.75. The summed E-state index contributed by atoms with van der Waals surface area (Å²) in [7, 11) is 0. The number of hydrogen-bond acceptors (Lipinski definition) is 6. The van der Waals surface area contributed by atoms with Gasteiger partial charge in [-0.3, -0.25) is 19.4 Å². The average molecular weight is 423 g/mol. The van der Waals surface area contributed by atoms with Gasteiger partial charge in [0.1, 0.15) is 5.75 Å². The van der Waals surface area contributed by atoms with E-state index in [0.717, 1.165) is 0 Å². The van der Waals surface area contributed by atoms with E-state index in [2.05, 4.69) is 10.1 Å². The Labute approximate surface area is 176 Å². The highest BCUT2D eigenvalue weighted by Gasteiger charge is 2.46. The van der Waals surface area contributed by atoms with Crippen LogP contribution in [0.1, 0.15) is 25.6 Å². The average Bonchev–Trinajstić information content (AvgIpc) is 2.72. The number of benzene rings is 2. The molecule has 2 aromatic carbocycles. The van der Waals surface area contributed by atoms with E-state index >= 15 is 0 Å². The Morgan fingerprint density at radius 1 is 1.13 bits per heavy atom. The zero-order valence-corrected chi connectivity index (χ0v) is 17.4. The molecule has 0 fully saturated rings. The molecule has 2 heterocycles. The van der Waals surface area contributed by atoms with Gasteiger partial charge in [-0.2, -0.15) is 0 Å². The van der Waals surface area contributed by atoms with Gasteiger partial charge in [-0.25, -0.2) is 4.90 Å². The molecule has 1 aliphatic rings. The van der Waals surface area contributed by atoms with E-state index in [9.17, 15) is 14.4 Å². The van der Waals surface area contributed by atoms with Crippen LogP contribution in [-0.4, -0.2) is 28.2 Å². The zero-order valence-electron chi connectivity index (χ0n) is 16.6. The Kier molecular flexibility index (Phi) is 5.13. The summed E-state index contributed by atoms with van der Waals surface area (Å²) in [6.45, 7) is 2.76. The molecule has 0 spiro atoms. The summed E-state index contributed by atoms with van der Waals surface area (Å²) in [5.74, 6) is -0.426. The van der Waals surface area contributed by atoms with Crippen LogP contribution in [-0.2, 0) is 9.59 Å². The van der Waals surface area contributed by atoms with Gasteiger partial charge in [-0.1, -0.05) is 36.0 Å². The van der Waals surface area contributed by atoms with E-state index in [1.54, 1.807) is 59.7 Å². The first-order valence-electron chi connectivity index (χ1n) is 9.19. The molecule has 0 radical (unpaired) electrons. The lowest BCUT2D eigenvalue weighted by atomic mass is 10.0. The van der Waals surface area contributed by atoms with Crippen LogP contribution in [0.4, 0.5) is 5.69 Å². The topological polar surface area (TPSA) is 96.2 Å². The molecular formula is C21H19N4O4S+. The molecule has 1 aromatic heterocycles. The van der Waals surface area contributed by atoms with Crippen molar-refractivity contribution in [3.8, 4) is 17.0 Å². The smallest absolute Gasteiger partial charge is 0.325 e. The Bertz CT molecular complexity index is 1220. The normalized spacial score (nSPS) is 14.6. The highest BCUT2D eigenvalue weighted by atomic mass is 32.2. The number of rotatable bonds is 3. The molecule has 0 bridgehead atoms. The number of aromatic nitrogens is 3. The molecule has 4 rings (SSSR count). The maximum Gasteiger partial charge on any atom is 0.325 e. The highest BCUT2D eigenvalue weighted by molar-refractivity contribution is 7.98. The van der Waals surface area contributed by atoms with Gasteiger partial charge < -0.3 is 4.74 Å². The molecule has 1 amide bonds. The number of H-pyrrole nitrogens is 1. The van der Waals surface area contributed by atoms with Gasteiger partial charge in [0.05, 0.1) is 16.8 Å². The number of anilines is 1. The Morgan fingerprint density at radius 2 is 1.83 bits per heavy atom. The molecule has 152 valence electrons. The molecule has 1 N–H and O–H groups in total. The number of thioether (sulfide) groups is 1. The van der Waals surface area contributed by atoms with Gasteiger partial charge in [0.2, 0.25) is 11.1 Å². The molecule has 0 aliphatic carbocycles. The predicted molar refractivity (Wildman–Crippen MR) is 111 cm³/mol. The van der Waals surface area contributed by atoms with Crippen molar-refractivity contribution in [2.24, 2.45) is 0 Å². The van der Waals surface area contributed by atoms with Crippen molar-refractivity contribution in [3.63, 3.8) is 0 Å². The van der Waals surface area contributed by atoms with Crippen LogP contribution in [0, 0.1) is 0 Å². The third kappa shape index (κ3) is 3.26. The van der Waals surface area contributed by atoms with Gasteiger partial charge in [0, 0.05) is 18.9 Å². The molecule has 1 unspecified atom stereocenters. The first-order valence-corrected chi connectivity index (χ1v) is 10.4. The number of esters is 1. The van der Waals surface area contributed by atoms with Crippen LogP contribution in [0.3, 0.4) is 0 Å². The van der Waals surface area contributed by atoms with E-state index in [4.69, 9.17) is 4.74 Å². The SMILES string of the molecule is CSc1n[n+]2c(c(=O)[nH]1)-c1ccccc1N(C(C)=O)C2c1ccccc1OC(C)=O. The van der Waals surface area contributed by atoms with Crippen LogP contribution in [0.5, 0.6) is 5.75 Å². The van der Waals surface area contributed by atoms with Crippen LogP contribution >= 0.6 is 11.8 Å². The zero-order chi connectivity index (χ0) is 21.4. The molecule has 9 heteroatoms. The Hall–Kier alpha value is -3.46. The minimum atomic E-state index is -0.809. The van der Waals surface area contributed by atoms with Crippen molar-refractivity contribution in [1.29, 1.82) is 0 Å². The van der Waals surface area contributed by atoms with E-state index < -0.39 is 12.1 Å². The number of aromatic amines is 1. The lowest BCUT2D eigenvalue weighted by Crippen LogP contribution is -2.60. The molecule has 0 saturated heterocycles. The Morgan fingerprint density at radius 3 is 2.53 bits per heavy atom. The molecule has 3 aromatic rings. The van der Waals surface area contributed by atoms with E-state index in [-0.39, 0.29) is 11.5 Å². The standard InChI is InChI=1S/C21H18N4O4S/c1-12(26)24-16-10-6-4-8-14(16)18-19(28)22-21(30-3)23-25(18)20(24)15-9-5-7-11-17(15)29-13(2)27/h4-11,20H,1-3H3/p+1. The monoisotopic (exact) mass is 423 g/mol. The van der Waals surface area contributed by atoms with Crippen molar-refractivity contribution in [3.05, 3.63) is 64.4 Å². The molecule has 1 atom stereocenters. The predicted octanol–water partition coefficient (Wildman–Crippen LogP) is 2.29. The minimum absolute atomic E-state index is 0.240. The summed E-state index contributed by atoms with van der Waals surface area (Å²) in [6.07, 6.45) is 0.989. The van der Waals surface area contributed by atoms with Crippen molar-refractivity contribution in [2.45, 2.75) is 25.2 Å². The molecule has 8 nitrogen and oxygen atoms in total. The first-order chi connectivity index (χ1) is 14.4. The summed E-state index contributed by atoms with van der Waals surface area (Å²) < 4.78 is 6.93. The van der Waals surface area contributed by atoms with Crippen LogP contribution < -0.4 is 19.9 Å². The van der Waals surface area contributed by atoms with Gasteiger partial charge >= 0.3 is 17.2 Å². The number of amides is 1. The number of fused-ring (bicyclic) bond motifs is 3. The molecule has 0 saturated carbocycles. The fraction of sp³-hybridized carbons (Fsp3) is 0.190. The van der Waals surface area contributed by atoms with Crippen LogP contribution in [0.2, 0.25) is 0 Å². The summed E-state index contributed by atoms with van der Waals surface area (Å²) in [4.78, 5) is 41.8. The molecular weight excluding hydrogens is 404 g/mol. The quantitative estimate of drug-likeness (QED) is 0.301. The number of ether oxygens (including phenoxy) is 1. The van der Waals surface area contributed by atoms with Gasteiger partial charge in [-0.15, -0.1) is 0 Å². The third-order valence-electron chi connectivity index (χ3n) is 4.74. The van der Waals surface area contributed by atoms with Crippen molar-refractivity contribution in [2.75, 3.05) is 11.2 Å². The fourth-order valence-corrected chi connectivity index (χ4v) is 3.99.